The lowest BCUT2D eigenvalue weighted by atomic mass is 10.0. The van der Waals surface area contributed by atoms with Crippen LogP contribution < -0.4 is 5.32 Å². The Hall–Kier alpha value is -3.31. The summed E-state index contributed by atoms with van der Waals surface area (Å²) in [6.07, 6.45) is 0.471. The van der Waals surface area contributed by atoms with Gasteiger partial charge in [0.2, 0.25) is 10.0 Å². The lowest BCUT2D eigenvalue weighted by Crippen LogP contribution is -2.37. The van der Waals surface area contributed by atoms with Crippen molar-refractivity contribution in [2.24, 2.45) is 5.92 Å². The maximum atomic E-state index is 12.8. The van der Waals surface area contributed by atoms with Gasteiger partial charge < -0.3 is 10.1 Å². The van der Waals surface area contributed by atoms with Crippen LogP contribution in [0.1, 0.15) is 37.0 Å². The fraction of sp³-hybridized carbons (Fsp3) is 0.364. The molecule has 1 aliphatic rings. The van der Waals surface area contributed by atoms with Crippen molar-refractivity contribution in [3.05, 3.63) is 64.2 Å². The minimum absolute atomic E-state index is 0.0950. The first-order valence-electron chi connectivity index (χ1n) is 10.4. The van der Waals surface area contributed by atoms with Crippen molar-refractivity contribution in [3.63, 3.8) is 0 Å². The van der Waals surface area contributed by atoms with Crippen LogP contribution >= 0.6 is 0 Å². The van der Waals surface area contributed by atoms with E-state index in [1.165, 1.54) is 59.8 Å². The minimum atomic E-state index is -3.63. The summed E-state index contributed by atoms with van der Waals surface area (Å²) >= 11 is 0. The summed E-state index contributed by atoms with van der Waals surface area (Å²) in [6, 6.07) is 10.6. The number of nitro benzene ring substituents is 1. The van der Waals surface area contributed by atoms with Crippen molar-refractivity contribution < 1.29 is 27.7 Å². The number of nitro groups is 1. The van der Waals surface area contributed by atoms with Gasteiger partial charge in [-0.25, -0.2) is 13.2 Å². The highest BCUT2D eigenvalue weighted by Crippen LogP contribution is 2.24. The summed E-state index contributed by atoms with van der Waals surface area (Å²) < 4.78 is 32.2. The molecule has 2 aromatic rings. The SMILES string of the molecule is CC1CCN(S(=O)(=O)c2ccc(C(=O)OC(C)C(=O)Nc3ccc([N+](=O)[O-])cc3)cc2)CC1. The second kappa shape index (κ2) is 10.1. The second-order valence-corrected chi connectivity index (χ2v) is 9.89. The average Bonchev–Trinajstić information content (AvgIpc) is 2.79. The Bertz CT molecular complexity index is 1120. The number of rotatable bonds is 7. The largest absolute Gasteiger partial charge is 0.449 e. The highest BCUT2D eigenvalue weighted by atomic mass is 32.2. The summed E-state index contributed by atoms with van der Waals surface area (Å²) in [4.78, 5) is 34.9. The third-order valence-corrected chi connectivity index (χ3v) is 7.38. The van der Waals surface area contributed by atoms with Gasteiger partial charge in [-0.2, -0.15) is 4.31 Å². The average molecular weight is 476 g/mol. The van der Waals surface area contributed by atoms with Crippen LogP contribution in [0.5, 0.6) is 0 Å². The number of hydrogen-bond donors (Lipinski definition) is 1. The molecular formula is C22H25N3O7S. The number of benzene rings is 2. The van der Waals surface area contributed by atoms with Gasteiger partial charge in [-0.3, -0.25) is 14.9 Å². The minimum Gasteiger partial charge on any atom is -0.449 e. The van der Waals surface area contributed by atoms with Gasteiger partial charge in [0.25, 0.3) is 11.6 Å². The number of sulfonamides is 1. The molecule has 3 rings (SSSR count). The molecule has 0 bridgehead atoms. The first-order valence-corrected chi connectivity index (χ1v) is 11.9. The van der Waals surface area contributed by atoms with Crippen molar-refractivity contribution >= 4 is 33.3 Å². The zero-order chi connectivity index (χ0) is 24.2. The van der Waals surface area contributed by atoms with Gasteiger partial charge in [0.1, 0.15) is 0 Å². The van der Waals surface area contributed by atoms with Gasteiger partial charge in [-0.1, -0.05) is 6.92 Å². The maximum Gasteiger partial charge on any atom is 0.338 e. The number of esters is 1. The van der Waals surface area contributed by atoms with Crippen LogP contribution in [0.15, 0.2) is 53.4 Å². The lowest BCUT2D eigenvalue weighted by Gasteiger charge is -2.29. The number of carbonyl (C=O) groups is 2. The van der Waals surface area contributed by atoms with Crippen molar-refractivity contribution in [2.45, 2.75) is 37.7 Å². The van der Waals surface area contributed by atoms with Crippen LogP contribution in [0.2, 0.25) is 0 Å². The summed E-state index contributed by atoms with van der Waals surface area (Å²) in [7, 11) is -3.63. The highest BCUT2D eigenvalue weighted by Gasteiger charge is 2.28. The number of amides is 1. The van der Waals surface area contributed by atoms with E-state index in [1.54, 1.807) is 0 Å². The molecule has 1 saturated heterocycles. The van der Waals surface area contributed by atoms with Crippen LogP contribution in [0, 0.1) is 16.0 Å². The van der Waals surface area contributed by atoms with E-state index in [4.69, 9.17) is 4.74 Å². The fourth-order valence-corrected chi connectivity index (χ4v) is 4.80. The number of nitrogens with zero attached hydrogens (tertiary/aromatic N) is 2. The normalized spacial score (nSPS) is 16.1. The molecule has 0 aromatic heterocycles. The number of nitrogens with one attached hydrogen (secondary N) is 1. The molecule has 10 nitrogen and oxygen atoms in total. The van der Waals surface area contributed by atoms with Crippen LogP contribution in [0.3, 0.4) is 0 Å². The molecule has 0 saturated carbocycles. The molecule has 1 heterocycles. The van der Waals surface area contributed by atoms with Gasteiger partial charge in [0.05, 0.1) is 15.4 Å². The number of hydrogen-bond acceptors (Lipinski definition) is 7. The van der Waals surface area contributed by atoms with Crippen LogP contribution in [0.25, 0.3) is 0 Å². The highest BCUT2D eigenvalue weighted by molar-refractivity contribution is 7.89. The monoisotopic (exact) mass is 475 g/mol. The summed E-state index contributed by atoms with van der Waals surface area (Å²) in [6.45, 7) is 4.41. The van der Waals surface area contributed by atoms with Crippen LogP contribution in [0.4, 0.5) is 11.4 Å². The predicted octanol–water partition coefficient (Wildman–Crippen LogP) is 3.20. The first kappa shape index (κ1) is 24.3. The fourth-order valence-electron chi connectivity index (χ4n) is 3.33. The topological polar surface area (TPSA) is 136 Å². The van der Waals surface area contributed by atoms with Gasteiger partial charge in [0.15, 0.2) is 6.10 Å². The zero-order valence-electron chi connectivity index (χ0n) is 18.3. The molecule has 33 heavy (non-hydrogen) atoms. The lowest BCUT2D eigenvalue weighted by molar-refractivity contribution is -0.384. The van der Waals surface area contributed by atoms with E-state index in [0.29, 0.717) is 24.7 Å². The van der Waals surface area contributed by atoms with Gasteiger partial charge in [-0.05, 0) is 62.1 Å². The molecule has 1 amide bonds. The molecule has 1 N–H and O–H groups in total. The quantitative estimate of drug-likeness (QED) is 0.369. The van der Waals surface area contributed by atoms with E-state index in [-0.39, 0.29) is 16.1 Å². The zero-order valence-corrected chi connectivity index (χ0v) is 19.1. The Morgan fingerprint density at radius 1 is 1.09 bits per heavy atom. The molecule has 1 aliphatic heterocycles. The van der Waals surface area contributed by atoms with Gasteiger partial charge in [-0.15, -0.1) is 0 Å². The van der Waals surface area contributed by atoms with Crippen molar-refractivity contribution in [1.82, 2.24) is 4.31 Å². The Morgan fingerprint density at radius 3 is 2.21 bits per heavy atom. The number of piperidine rings is 1. The molecular weight excluding hydrogens is 450 g/mol. The van der Waals surface area contributed by atoms with E-state index >= 15 is 0 Å². The molecule has 11 heteroatoms. The summed E-state index contributed by atoms with van der Waals surface area (Å²) in [5.41, 5.74) is 0.305. The number of non-ortho nitro benzene ring substituents is 1. The first-order chi connectivity index (χ1) is 15.6. The molecule has 1 fully saturated rings. The molecule has 176 valence electrons. The number of carbonyl (C=O) groups excluding carboxylic acids is 2. The molecule has 0 radical (unpaired) electrons. The Balaban J connectivity index is 1.59. The van der Waals surface area contributed by atoms with Gasteiger partial charge >= 0.3 is 5.97 Å². The third-order valence-electron chi connectivity index (χ3n) is 5.47. The second-order valence-electron chi connectivity index (χ2n) is 7.95. The predicted molar refractivity (Wildman–Crippen MR) is 120 cm³/mol. The maximum absolute atomic E-state index is 12.8. The van der Waals surface area contributed by atoms with Crippen LogP contribution in [-0.2, 0) is 19.6 Å². The number of anilines is 1. The molecule has 0 spiro atoms. The van der Waals surface area contributed by atoms with E-state index < -0.39 is 32.9 Å². The standard InChI is InChI=1S/C22H25N3O7S/c1-15-11-13-24(14-12-15)33(30,31)20-9-3-17(4-10-20)22(27)32-16(2)21(26)23-18-5-7-19(8-6-18)25(28)29/h3-10,15-16H,11-14H2,1-2H3,(H,23,26). The van der Waals surface area contributed by atoms with Gasteiger partial charge in [0, 0.05) is 30.9 Å². The van der Waals surface area contributed by atoms with E-state index in [9.17, 15) is 28.1 Å². The number of ether oxygens (including phenoxy) is 1. The smallest absolute Gasteiger partial charge is 0.338 e. The summed E-state index contributed by atoms with van der Waals surface area (Å²) in [5, 5.41) is 13.2. The third kappa shape index (κ3) is 5.93. The van der Waals surface area contributed by atoms with E-state index in [0.717, 1.165) is 12.8 Å². The summed E-state index contributed by atoms with van der Waals surface area (Å²) in [5.74, 6) is -0.902. The Kier molecular flexibility index (Phi) is 7.44. The van der Waals surface area contributed by atoms with E-state index in [1.807, 2.05) is 0 Å². The Labute approximate surface area is 191 Å². The van der Waals surface area contributed by atoms with Crippen LogP contribution in [-0.4, -0.2) is 48.7 Å². The van der Waals surface area contributed by atoms with Crippen molar-refractivity contribution in [1.29, 1.82) is 0 Å². The molecule has 1 atom stereocenters. The van der Waals surface area contributed by atoms with E-state index in [2.05, 4.69) is 12.2 Å². The molecule has 2 aromatic carbocycles. The molecule has 1 unspecified atom stereocenters. The Morgan fingerprint density at radius 2 is 1.67 bits per heavy atom. The van der Waals surface area contributed by atoms with Crippen molar-refractivity contribution in [2.75, 3.05) is 18.4 Å². The molecule has 0 aliphatic carbocycles. The van der Waals surface area contributed by atoms with Crippen molar-refractivity contribution in [3.8, 4) is 0 Å².